The maximum Gasteiger partial charge on any atom is 0.225 e. The van der Waals surface area contributed by atoms with Crippen LogP contribution in [0.3, 0.4) is 0 Å². The van der Waals surface area contributed by atoms with E-state index in [1.54, 1.807) is 0 Å². The number of nitrogens with one attached hydrogen (secondary N) is 1. The number of carbonyl (C=O) groups excluding carboxylic acids is 1. The van der Waals surface area contributed by atoms with Crippen LogP contribution >= 0.6 is 0 Å². The molecule has 1 radical (unpaired) electrons. The largest absolute Gasteiger partial charge is 0.377 e. The molecule has 0 aliphatic carbocycles. The third-order valence-electron chi connectivity index (χ3n) is 0.643. The Labute approximate surface area is 48.7 Å². The molecule has 0 aromatic carbocycles. The fourth-order valence-corrected chi connectivity index (χ4v) is 0.335. The van der Waals surface area contributed by atoms with Crippen molar-refractivity contribution in [1.82, 2.24) is 5.32 Å². The monoisotopic (exact) mass is 116 g/mol. The van der Waals surface area contributed by atoms with Crippen molar-refractivity contribution in [2.75, 3.05) is 6.73 Å². The average Bonchev–Trinajstić information content (AvgIpc) is 1.68. The number of amides is 1. The van der Waals surface area contributed by atoms with Gasteiger partial charge >= 0.3 is 0 Å². The van der Waals surface area contributed by atoms with E-state index in [0.29, 0.717) is 6.42 Å². The maximum absolute atomic E-state index is 10.3. The van der Waals surface area contributed by atoms with Crippen LogP contribution in [0.2, 0.25) is 0 Å². The van der Waals surface area contributed by atoms with Crippen molar-refractivity contribution >= 4 is 5.91 Å². The summed E-state index contributed by atoms with van der Waals surface area (Å²) in [5.41, 5.74) is 0. The highest BCUT2D eigenvalue weighted by atomic mass is 16.3. The molecule has 0 aromatic rings. The van der Waals surface area contributed by atoms with Gasteiger partial charge in [0.1, 0.15) is 6.73 Å². The van der Waals surface area contributed by atoms with E-state index in [0.717, 1.165) is 0 Å². The Kier molecular flexibility index (Phi) is 4.26. The maximum atomic E-state index is 10.3. The smallest absolute Gasteiger partial charge is 0.225 e. The fourth-order valence-electron chi connectivity index (χ4n) is 0.335. The van der Waals surface area contributed by atoms with Crippen LogP contribution in [0.25, 0.3) is 0 Å². The number of hydrogen-bond donors (Lipinski definition) is 2. The molecule has 0 bridgehead atoms. The molecule has 0 rings (SSSR count). The predicted molar refractivity (Wildman–Crippen MR) is 29.8 cm³/mol. The van der Waals surface area contributed by atoms with Gasteiger partial charge in [-0.2, -0.15) is 0 Å². The summed E-state index contributed by atoms with van der Waals surface area (Å²) in [5.74, 6) is -0.213. The first-order valence-corrected chi connectivity index (χ1v) is 2.53. The lowest BCUT2D eigenvalue weighted by molar-refractivity contribution is -0.119. The Morgan fingerprint density at radius 1 is 1.88 bits per heavy atom. The van der Waals surface area contributed by atoms with Crippen LogP contribution in [-0.4, -0.2) is 17.7 Å². The van der Waals surface area contributed by atoms with Crippen LogP contribution in [0.5, 0.6) is 0 Å². The minimum atomic E-state index is -0.282. The summed E-state index contributed by atoms with van der Waals surface area (Å²) in [6, 6.07) is 0. The molecule has 3 nitrogen and oxygen atoms in total. The van der Waals surface area contributed by atoms with Crippen molar-refractivity contribution in [3.63, 3.8) is 0 Å². The Morgan fingerprint density at radius 2 is 2.50 bits per heavy atom. The third kappa shape index (κ3) is 3.61. The molecule has 0 aliphatic heterocycles. The minimum absolute atomic E-state index is 0.213. The topological polar surface area (TPSA) is 49.3 Å². The van der Waals surface area contributed by atoms with Crippen molar-refractivity contribution < 1.29 is 9.90 Å². The van der Waals surface area contributed by atoms with Gasteiger partial charge in [-0.15, -0.1) is 0 Å². The average molecular weight is 116 g/mol. The van der Waals surface area contributed by atoms with Crippen LogP contribution in [0.15, 0.2) is 0 Å². The van der Waals surface area contributed by atoms with E-state index >= 15 is 0 Å². The molecule has 0 aliphatic rings. The van der Waals surface area contributed by atoms with E-state index in [4.69, 9.17) is 5.11 Å². The van der Waals surface area contributed by atoms with Crippen molar-refractivity contribution in [1.29, 1.82) is 0 Å². The fraction of sp³-hybridized carbons (Fsp3) is 0.600. The Hall–Kier alpha value is -0.570. The first kappa shape index (κ1) is 7.43. The molecule has 0 atom stereocenters. The lowest BCUT2D eigenvalue weighted by Crippen LogP contribution is -2.23. The van der Waals surface area contributed by atoms with Crippen LogP contribution in [0.4, 0.5) is 0 Å². The highest BCUT2D eigenvalue weighted by Gasteiger charge is 1.93. The first-order valence-electron chi connectivity index (χ1n) is 2.53. The molecular formula is C5H10NO2. The molecule has 0 heterocycles. The van der Waals surface area contributed by atoms with Gasteiger partial charge in [-0.3, -0.25) is 4.79 Å². The lowest BCUT2D eigenvalue weighted by Gasteiger charge is -1.95. The summed E-state index contributed by atoms with van der Waals surface area (Å²) in [4.78, 5) is 10.3. The molecule has 8 heavy (non-hydrogen) atoms. The lowest BCUT2D eigenvalue weighted by atomic mass is 10.3. The zero-order valence-electron chi connectivity index (χ0n) is 4.85. The second-order valence-corrected chi connectivity index (χ2v) is 1.31. The highest BCUT2D eigenvalue weighted by molar-refractivity contribution is 5.84. The minimum Gasteiger partial charge on any atom is -0.377 e. The molecule has 0 unspecified atom stereocenters. The van der Waals surface area contributed by atoms with Gasteiger partial charge < -0.3 is 10.4 Å². The SMILES string of the molecule is CC[CH]C(=O)NCO. The van der Waals surface area contributed by atoms with E-state index in [2.05, 4.69) is 5.32 Å². The van der Waals surface area contributed by atoms with Gasteiger partial charge in [0, 0.05) is 6.42 Å². The molecule has 0 fully saturated rings. The quantitative estimate of drug-likeness (QED) is 0.496. The van der Waals surface area contributed by atoms with E-state index < -0.39 is 0 Å². The van der Waals surface area contributed by atoms with Crippen molar-refractivity contribution in [2.45, 2.75) is 13.3 Å². The van der Waals surface area contributed by atoms with E-state index in [1.165, 1.54) is 6.42 Å². The third-order valence-corrected chi connectivity index (χ3v) is 0.643. The zero-order chi connectivity index (χ0) is 6.41. The van der Waals surface area contributed by atoms with Gasteiger partial charge in [-0.05, 0) is 6.42 Å². The molecule has 1 amide bonds. The summed E-state index contributed by atoms with van der Waals surface area (Å²) in [7, 11) is 0. The summed E-state index contributed by atoms with van der Waals surface area (Å²) in [6.45, 7) is 1.58. The second kappa shape index (κ2) is 4.59. The molecule has 47 valence electrons. The molecule has 2 N–H and O–H groups in total. The van der Waals surface area contributed by atoms with E-state index in [1.807, 2.05) is 6.92 Å². The van der Waals surface area contributed by atoms with Gasteiger partial charge in [-0.25, -0.2) is 0 Å². The van der Waals surface area contributed by atoms with E-state index in [9.17, 15) is 4.79 Å². The highest BCUT2D eigenvalue weighted by Crippen LogP contribution is 1.81. The van der Waals surface area contributed by atoms with Crippen LogP contribution in [-0.2, 0) is 4.79 Å². The summed E-state index contributed by atoms with van der Waals surface area (Å²) < 4.78 is 0. The molecule has 0 saturated heterocycles. The Balaban J connectivity index is 3.06. The van der Waals surface area contributed by atoms with Crippen molar-refractivity contribution in [2.24, 2.45) is 0 Å². The van der Waals surface area contributed by atoms with Crippen LogP contribution in [0, 0.1) is 6.42 Å². The zero-order valence-corrected chi connectivity index (χ0v) is 4.85. The summed E-state index contributed by atoms with van der Waals surface area (Å²) >= 11 is 0. The standard InChI is InChI=1S/C5H10NO2/c1-2-3-5(8)6-4-7/h3,7H,2,4H2,1H3,(H,6,8). The molecule has 0 saturated carbocycles. The number of carbonyl (C=O) groups is 1. The number of hydrogen-bond acceptors (Lipinski definition) is 2. The van der Waals surface area contributed by atoms with Crippen LogP contribution in [0.1, 0.15) is 13.3 Å². The Morgan fingerprint density at radius 3 is 2.88 bits per heavy atom. The molecule has 3 heteroatoms. The first-order chi connectivity index (χ1) is 3.81. The molecular weight excluding hydrogens is 106 g/mol. The van der Waals surface area contributed by atoms with Gasteiger partial charge in [0.25, 0.3) is 0 Å². The summed E-state index contributed by atoms with van der Waals surface area (Å²) in [6.07, 6.45) is 2.17. The van der Waals surface area contributed by atoms with E-state index in [-0.39, 0.29) is 12.6 Å². The summed E-state index contributed by atoms with van der Waals surface area (Å²) in [5, 5.41) is 10.3. The van der Waals surface area contributed by atoms with Gasteiger partial charge in [0.2, 0.25) is 5.91 Å². The Bertz CT molecular complexity index is 64.8. The van der Waals surface area contributed by atoms with Crippen molar-refractivity contribution in [3.05, 3.63) is 6.42 Å². The normalized spacial score (nSPS) is 8.75. The van der Waals surface area contributed by atoms with Crippen molar-refractivity contribution in [3.8, 4) is 0 Å². The number of aliphatic hydroxyl groups is 1. The second-order valence-electron chi connectivity index (χ2n) is 1.31. The van der Waals surface area contributed by atoms with Crippen LogP contribution < -0.4 is 5.32 Å². The predicted octanol–water partition coefficient (Wildman–Crippen LogP) is -0.333. The molecule has 0 spiro atoms. The molecule has 0 aromatic heterocycles. The number of rotatable bonds is 3. The van der Waals surface area contributed by atoms with Gasteiger partial charge in [0.15, 0.2) is 0 Å². The number of aliphatic hydroxyl groups excluding tert-OH is 1. The van der Waals surface area contributed by atoms with Gasteiger partial charge in [0.05, 0.1) is 0 Å². The van der Waals surface area contributed by atoms with Gasteiger partial charge in [-0.1, -0.05) is 6.92 Å².